The van der Waals surface area contributed by atoms with Gasteiger partial charge in [-0.2, -0.15) is 0 Å². The van der Waals surface area contributed by atoms with E-state index in [4.69, 9.17) is 4.43 Å². The van der Waals surface area contributed by atoms with Gasteiger partial charge in [0.15, 0.2) is 8.32 Å². The fourth-order valence-electron chi connectivity index (χ4n) is 8.64. The van der Waals surface area contributed by atoms with Crippen LogP contribution < -0.4 is 0 Å². The summed E-state index contributed by atoms with van der Waals surface area (Å²) in [5.41, 5.74) is 0.514. The van der Waals surface area contributed by atoms with Gasteiger partial charge in [0.05, 0.1) is 0 Å². The van der Waals surface area contributed by atoms with Gasteiger partial charge in [-0.05, 0) is 117 Å². The van der Waals surface area contributed by atoms with Crippen molar-refractivity contribution in [1.29, 1.82) is 0 Å². The summed E-state index contributed by atoms with van der Waals surface area (Å²) < 4.78 is 7.00. The molecule has 30 heavy (non-hydrogen) atoms. The highest BCUT2D eigenvalue weighted by Crippen LogP contribution is 2.66. The van der Waals surface area contributed by atoms with Gasteiger partial charge in [-0.25, -0.2) is 0 Å². The van der Waals surface area contributed by atoms with Gasteiger partial charge in [0.1, 0.15) is 5.78 Å². The van der Waals surface area contributed by atoms with Crippen LogP contribution >= 0.6 is 0 Å². The SMILES string of the molecule is CC[C@]12CC[C@H]3[C@@H](CC[C@@H]4CC(=O)CC[C@@H]43)[C@@H]1CC[C@@H]2C(C)O[Si](C)(C)C(C)(C)C. The third-order valence-corrected chi connectivity index (χ3v) is 15.6. The Hall–Kier alpha value is -0.153. The second kappa shape index (κ2) is 8.01. The molecule has 0 amide bonds. The van der Waals surface area contributed by atoms with E-state index in [2.05, 4.69) is 47.7 Å². The molecule has 0 aromatic rings. The molecule has 3 heteroatoms. The van der Waals surface area contributed by atoms with Crippen molar-refractivity contribution >= 4 is 14.1 Å². The molecule has 0 aliphatic heterocycles. The minimum Gasteiger partial charge on any atom is -0.414 e. The van der Waals surface area contributed by atoms with Crippen molar-refractivity contribution in [3.8, 4) is 0 Å². The van der Waals surface area contributed by atoms with Crippen molar-refractivity contribution < 1.29 is 9.22 Å². The first-order valence-corrected chi connectivity index (χ1v) is 16.1. The first kappa shape index (κ1) is 23.0. The predicted molar refractivity (Wildman–Crippen MR) is 128 cm³/mol. The topological polar surface area (TPSA) is 26.3 Å². The largest absolute Gasteiger partial charge is 0.414 e. The summed E-state index contributed by atoms with van der Waals surface area (Å²) in [5.74, 6) is 5.63. The molecule has 8 atom stereocenters. The molecule has 0 saturated heterocycles. The summed E-state index contributed by atoms with van der Waals surface area (Å²) >= 11 is 0. The highest BCUT2D eigenvalue weighted by molar-refractivity contribution is 6.74. The Morgan fingerprint density at radius 3 is 2.43 bits per heavy atom. The van der Waals surface area contributed by atoms with E-state index in [1.165, 1.54) is 51.4 Å². The molecule has 1 unspecified atom stereocenters. The number of hydrogen-bond acceptors (Lipinski definition) is 2. The van der Waals surface area contributed by atoms with Gasteiger partial charge in [-0.1, -0.05) is 27.7 Å². The maximum absolute atomic E-state index is 12.0. The highest BCUT2D eigenvalue weighted by Gasteiger charge is 2.59. The van der Waals surface area contributed by atoms with E-state index in [-0.39, 0.29) is 5.04 Å². The Morgan fingerprint density at radius 2 is 1.77 bits per heavy atom. The van der Waals surface area contributed by atoms with Gasteiger partial charge >= 0.3 is 0 Å². The van der Waals surface area contributed by atoms with Crippen LogP contribution in [0.2, 0.25) is 18.1 Å². The van der Waals surface area contributed by atoms with E-state index in [1.807, 2.05) is 0 Å². The number of hydrogen-bond donors (Lipinski definition) is 0. The summed E-state index contributed by atoms with van der Waals surface area (Å²) in [6, 6.07) is 0. The molecule has 0 radical (unpaired) electrons. The van der Waals surface area contributed by atoms with Crippen molar-refractivity contribution in [2.75, 3.05) is 0 Å². The fraction of sp³-hybridized carbons (Fsp3) is 0.963. The molecule has 2 nitrogen and oxygen atoms in total. The molecular formula is C27H48O2Si. The normalized spacial score (nSPS) is 43.0. The molecule has 4 saturated carbocycles. The number of rotatable bonds is 4. The molecule has 172 valence electrons. The van der Waals surface area contributed by atoms with E-state index < -0.39 is 8.32 Å². The lowest BCUT2D eigenvalue weighted by molar-refractivity contribution is -0.129. The monoisotopic (exact) mass is 432 g/mol. The quantitative estimate of drug-likeness (QED) is 0.427. The molecule has 0 spiro atoms. The Bertz CT molecular complexity index is 650. The smallest absolute Gasteiger partial charge is 0.192 e. The molecule has 4 aliphatic rings. The van der Waals surface area contributed by atoms with Crippen LogP contribution in [0, 0.1) is 40.9 Å². The van der Waals surface area contributed by atoms with Crippen LogP contribution in [0.5, 0.6) is 0 Å². The van der Waals surface area contributed by atoms with Crippen LogP contribution in [0.25, 0.3) is 0 Å². The summed E-state index contributed by atoms with van der Waals surface area (Å²) in [5, 5.41) is 0.285. The van der Waals surface area contributed by atoms with Gasteiger partial charge < -0.3 is 4.43 Å². The third-order valence-electron chi connectivity index (χ3n) is 11.1. The molecule has 0 heterocycles. The standard InChI is InChI=1S/C27H48O2Si/c1-8-27-16-15-22-21-12-10-20(28)17-19(21)9-11-23(22)25(27)14-13-24(27)18(2)29-30(6,7)26(3,4)5/h18-19,21-25H,8-17H2,1-7H3/t18?,19-,21+,22-,23-,24-,25+,27-/m1/s1. The number of Topliss-reactive ketones (excluding diaryl/α,β-unsaturated/α-hetero) is 1. The minimum absolute atomic E-state index is 0.285. The fourth-order valence-corrected chi connectivity index (χ4v) is 10.1. The van der Waals surface area contributed by atoms with Gasteiger partial charge in [0.25, 0.3) is 0 Å². The van der Waals surface area contributed by atoms with Crippen LogP contribution in [0.3, 0.4) is 0 Å². The Morgan fingerprint density at radius 1 is 1.03 bits per heavy atom. The maximum Gasteiger partial charge on any atom is 0.192 e. The Labute approximate surface area is 187 Å². The summed E-state index contributed by atoms with van der Waals surface area (Å²) in [7, 11) is -1.73. The number of fused-ring (bicyclic) bond motifs is 5. The summed E-state index contributed by atoms with van der Waals surface area (Å²) in [6.45, 7) is 16.9. The lowest BCUT2D eigenvalue weighted by Crippen LogP contribution is -2.52. The maximum atomic E-state index is 12.0. The molecule has 0 N–H and O–H groups in total. The summed E-state index contributed by atoms with van der Waals surface area (Å²) in [6.07, 6.45) is 13.1. The Balaban J connectivity index is 1.52. The highest BCUT2D eigenvalue weighted by atomic mass is 28.4. The van der Waals surface area contributed by atoms with Crippen molar-refractivity contribution in [1.82, 2.24) is 0 Å². The van der Waals surface area contributed by atoms with E-state index >= 15 is 0 Å². The molecule has 0 aromatic heterocycles. The van der Waals surface area contributed by atoms with E-state index in [0.29, 0.717) is 17.3 Å². The first-order chi connectivity index (χ1) is 14.0. The van der Waals surface area contributed by atoms with Crippen LogP contribution in [0.4, 0.5) is 0 Å². The lowest BCUT2D eigenvalue weighted by Gasteiger charge is -2.57. The zero-order chi connectivity index (χ0) is 21.9. The zero-order valence-corrected chi connectivity index (χ0v) is 21.9. The lowest BCUT2D eigenvalue weighted by atomic mass is 9.48. The third kappa shape index (κ3) is 3.68. The van der Waals surface area contributed by atoms with Crippen LogP contribution in [0.1, 0.15) is 98.8 Å². The Kier molecular flexibility index (Phi) is 6.15. The number of carbonyl (C=O) groups excluding carboxylic acids is 1. The zero-order valence-electron chi connectivity index (χ0n) is 20.9. The molecule has 4 aliphatic carbocycles. The van der Waals surface area contributed by atoms with Crippen molar-refractivity contribution in [3.05, 3.63) is 0 Å². The molecule has 4 rings (SSSR count). The molecular weight excluding hydrogens is 384 g/mol. The average Bonchev–Trinajstić information content (AvgIpc) is 3.06. The second-order valence-corrected chi connectivity index (χ2v) is 17.9. The van der Waals surface area contributed by atoms with Gasteiger partial charge in [-0.15, -0.1) is 0 Å². The van der Waals surface area contributed by atoms with Crippen LogP contribution in [-0.4, -0.2) is 20.2 Å². The molecule has 4 fully saturated rings. The van der Waals surface area contributed by atoms with Crippen molar-refractivity contribution in [2.24, 2.45) is 40.9 Å². The number of carbonyl (C=O) groups is 1. The minimum atomic E-state index is -1.73. The van der Waals surface area contributed by atoms with Gasteiger partial charge in [0.2, 0.25) is 0 Å². The second-order valence-electron chi connectivity index (χ2n) is 13.1. The molecule has 0 bridgehead atoms. The van der Waals surface area contributed by atoms with Gasteiger partial charge in [0, 0.05) is 18.9 Å². The van der Waals surface area contributed by atoms with Crippen molar-refractivity contribution in [2.45, 2.75) is 123 Å². The van der Waals surface area contributed by atoms with Gasteiger partial charge in [-0.3, -0.25) is 4.79 Å². The van der Waals surface area contributed by atoms with Crippen molar-refractivity contribution in [3.63, 3.8) is 0 Å². The van der Waals surface area contributed by atoms with Crippen LogP contribution in [0.15, 0.2) is 0 Å². The van der Waals surface area contributed by atoms with E-state index in [0.717, 1.165) is 48.3 Å². The van der Waals surface area contributed by atoms with E-state index in [9.17, 15) is 4.79 Å². The van der Waals surface area contributed by atoms with E-state index in [1.54, 1.807) is 0 Å². The average molecular weight is 433 g/mol. The molecule has 0 aromatic carbocycles. The first-order valence-electron chi connectivity index (χ1n) is 13.2. The number of ketones is 1. The predicted octanol–water partition coefficient (Wildman–Crippen LogP) is 7.62. The van der Waals surface area contributed by atoms with Crippen LogP contribution in [-0.2, 0) is 9.22 Å². The summed E-state index contributed by atoms with van der Waals surface area (Å²) in [4.78, 5) is 12.0.